The molecule has 0 unspecified atom stereocenters. The summed E-state index contributed by atoms with van der Waals surface area (Å²) in [6.45, 7) is 12.7. The quantitative estimate of drug-likeness (QED) is 0.395. The van der Waals surface area contributed by atoms with Crippen LogP contribution in [-0.4, -0.2) is 53.7 Å². The van der Waals surface area contributed by atoms with Crippen molar-refractivity contribution in [3.63, 3.8) is 0 Å². The van der Waals surface area contributed by atoms with E-state index in [0.29, 0.717) is 18.9 Å². The highest BCUT2D eigenvalue weighted by molar-refractivity contribution is 5.80. The maximum absolute atomic E-state index is 13.0. The predicted octanol–water partition coefficient (Wildman–Crippen LogP) is 4.72. The number of ether oxygens (including phenoxy) is 1. The minimum Gasteiger partial charge on any atom is -0.386 e. The van der Waals surface area contributed by atoms with Crippen molar-refractivity contribution in [1.29, 1.82) is 0 Å². The van der Waals surface area contributed by atoms with Gasteiger partial charge in [0.2, 0.25) is 11.8 Å². The third kappa shape index (κ3) is 9.09. The molecule has 6 nitrogen and oxygen atoms in total. The molecule has 0 spiro atoms. The molecule has 0 saturated carbocycles. The SMILES string of the molecule is CCCN(C(=O)CCC[C@@H](C)CC)[C@@H](C)[C@H](OC)[C@@H](C)C(=O)N[C@H](C)[C@@H](O)c1ccccc1. The minimum atomic E-state index is -0.801. The van der Waals surface area contributed by atoms with Crippen molar-refractivity contribution in [3.8, 4) is 0 Å². The highest BCUT2D eigenvalue weighted by Crippen LogP contribution is 2.21. The molecule has 0 aliphatic rings. The molecule has 2 N–H and O–H groups in total. The Morgan fingerprint density at radius 3 is 2.27 bits per heavy atom. The molecule has 1 aromatic rings. The zero-order valence-electron chi connectivity index (χ0n) is 21.7. The van der Waals surface area contributed by atoms with Crippen LogP contribution in [0.15, 0.2) is 30.3 Å². The maximum Gasteiger partial charge on any atom is 0.225 e. The Kier molecular flexibility index (Phi) is 13.3. The Hall–Kier alpha value is -1.92. The van der Waals surface area contributed by atoms with Crippen LogP contribution in [0.3, 0.4) is 0 Å². The van der Waals surface area contributed by atoms with Crippen LogP contribution >= 0.6 is 0 Å². The number of rotatable bonds is 15. The number of carbonyl (C=O) groups is 2. The van der Waals surface area contributed by atoms with Gasteiger partial charge in [0.25, 0.3) is 0 Å². The van der Waals surface area contributed by atoms with Crippen LogP contribution in [0.4, 0.5) is 0 Å². The summed E-state index contributed by atoms with van der Waals surface area (Å²) in [6, 6.07) is 8.60. The van der Waals surface area contributed by atoms with E-state index in [0.717, 1.165) is 31.2 Å². The van der Waals surface area contributed by atoms with Gasteiger partial charge >= 0.3 is 0 Å². The highest BCUT2D eigenvalue weighted by Gasteiger charge is 2.34. The molecular formula is C27H46N2O4. The maximum atomic E-state index is 13.0. The average molecular weight is 463 g/mol. The fourth-order valence-corrected chi connectivity index (χ4v) is 4.26. The van der Waals surface area contributed by atoms with Gasteiger partial charge in [-0.05, 0) is 38.2 Å². The monoisotopic (exact) mass is 462 g/mol. The molecule has 33 heavy (non-hydrogen) atoms. The average Bonchev–Trinajstić information content (AvgIpc) is 2.82. The van der Waals surface area contributed by atoms with Gasteiger partial charge < -0.3 is 20.1 Å². The van der Waals surface area contributed by atoms with Gasteiger partial charge in [0.1, 0.15) is 0 Å². The molecule has 0 fully saturated rings. The lowest BCUT2D eigenvalue weighted by molar-refractivity contribution is -0.142. The van der Waals surface area contributed by atoms with Gasteiger partial charge in [0, 0.05) is 20.1 Å². The van der Waals surface area contributed by atoms with E-state index in [1.54, 1.807) is 14.0 Å². The second-order valence-electron chi connectivity index (χ2n) is 9.38. The lowest BCUT2D eigenvalue weighted by Gasteiger charge is -2.37. The third-order valence-electron chi connectivity index (χ3n) is 6.70. The number of nitrogens with zero attached hydrogens (tertiary/aromatic N) is 1. The molecule has 2 amide bonds. The summed E-state index contributed by atoms with van der Waals surface area (Å²) in [5, 5.41) is 13.5. The number of carbonyl (C=O) groups excluding carboxylic acids is 2. The molecule has 0 radical (unpaired) electrons. The molecule has 0 aliphatic heterocycles. The van der Waals surface area contributed by atoms with E-state index < -0.39 is 24.2 Å². The molecule has 6 heteroatoms. The molecule has 1 rings (SSSR count). The van der Waals surface area contributed by atoms with Gasteiger partial charge in [-0.3, -0.25) is 9.59 Å². The lowest BCUT2D eigenvalue weighted by atomic mass is 9.94. The normalized spacial score (nSPS) is 16.8. The molecule has 6 atom stereocenters. The molecule has 0 heterocycles. The van der Waals surface area contributed by atoms with Crippen molar-refractivity contribution in [2.24, 2.45) is 11.8 Å². The third-order valence-corrected chi connectivity index (χ3v) is 6.70. The molecule has 188 valence electrons. The number of hydrogen-bond donors (Lipinski definition) is 2. The van der Waals surface area contributed by atoms with Gasteiger partial charge in [-0.25, -0.2) is 0 Å². The van der Waals surface area contributed by atoms with E-state index in [1.807, 2.05) is 49.1 Å². The van der Waals surface area contributed by atoms with Crippen molar-refractivity contribution in [1.82, 2.24) is 10.2 Å². The topological polar surface area (TPSA) is 78.9 Å². The Balaban J connectivity index is 2.80. The molecule has 0 saturated heterocycles. The standard InChI is InChI=1S/C27H46N2O4/c1-8-18-29(24(30)17-13-14-19(3)9-2)22(6)26(33-7)20(4)27(32)28-21(5)25(31)23-15-11-10-12-16-23/h10-12,15-16,19-22,25-26,31H,8-9,13-14,17-18H2,1-7H3,(H,28,32)/t19-,20+,21+,22-,25+,26+/m0/s1. The summed E-state index contributed by atoms with van der Waals surface area (Å²) < 4.78 is 5.74. The van der Waals surface area contributed by atoms with Gasteiger partial charge in [0.15, 0.2) is 0 Å². The van der Waals surface area contributed by atoms with Crippen molar-refractivity contribution in [2.45, 2.75) is 97.9 Å². The fourth-order valence-electron chi connectivity index (χ4n) is 4.26. The van der Waals surface area contributed by atoms with Crippen molar-refractivity contribution < 1.29 is 19.4 Å². The van der Waals surface area contributed by atoms with E-state index >= 15 is 0 Å². The van der Waals surface area contributed by atoms with Gasteiger partial charge in [-0.15, -0.1) is 0 Å². The number of methoxy groups -OCH3 is 1. The van der Waals surface area contributed by atoms with Crippen LogP contribution in [-0.2, 0) is 14.3 Å². The van der Waals surface area contributed by atoms with E-state index in [2.05, 4.69) is 26.1 Å². The first-order valence-electron chi connectivity index (χ1n) is 12.5. The molecule has 0 bridgehead atoms. The fraction of sp³-hybridized carbons (Fsp3) is 0.704. The van der Waals surface area contributed by atoms with Crippen molar-refractivity contribution >= 4 is 11.8 Å². The number of amides is 2. The second-order valence-corrected chi connectivity index (χ2v) is 9.38. The first-order valence-corrected chi connectivity index (χ1v) is 12.5. The molecular weight excluding hydrogens is 416 g/mol. The molecule has 0 aromatic heterocycles. The smallest absolute Gasteiger partial charge is 0.225 e. The number of aliphatic hydroxyl groups is 1. The molecule has 1 aromatic carbocycles. The van der Waals surface area contributed by atoms with Gasteiger partial charge in [0.05, 0.1) is 30.2 Å². The van der Waals surface area contributed by atoms with Crippen LogP contribution in [0, 0.1) is 11.8 Å². The number of benzene rings is 1. The lowest BCUT2D eigenvalue weighted by Crippen LogP contribution is -2.52. The highest BCUT2D eigenvalue weighted by atomic mass is 16.5. The van der Waals surface area contributed by atoms with Crippen LogP contribution < -0.4 is 5.32 Å². The van der Waals surface area contributed by atoms with E-state index in [1.165, 1.54) is 0 Å². The Morgan fingerprint density at radius 2 is 1.73 bits per heavy atom. The van der Waals surface area contributed by atoms with Gasteiger partial charge in [-0.1, -0.05) is 70.9 Å². The summed E-state index contributed by atoms with van der Waals surface area (Å²) >= 11 is 0. The van der Waals surface area contributed by atoms with Crippen LogP contribution in [0.5, 0.6) is 0 Å². The van der Waals surface area contributed by atoms with Crippen LogP contribution in [0.25, 0.3) is 0 Å². The largest absolute Gasteiger partial charge is 0.386 e. The first kappa shape index (κ1) is 29.1. The second kappa shape index (κ2) is 15.1. The number of hydrogen-bond acceptors (Lipinski definition) is 4. The molecule has 0 aliphatic carbocycles. The summed E-state index contributed by atoms with van der Waals surface area (Å²) in [5.74, 6) is 0.0632. The van der Waals surface area contributed by atoms with E-state index in [4.69, 9.17) is 4.74 Å². The van der Waals surface area contributed by atoms with Crippen LogP contribution in [0.2, 0.25) is 0 Å². The van der Waals surface area contributed by atoms with Crippen molar-refractivity contribution in [3.05, 3.63) is 35.9 Å². The summed E-state index contributed by atoms with van der Waals surface area (Å²) in [6.07, 6.45) is 3.17. The summed E-state index contributed by atoms with van der Waals surface area (Å²) in [4.78, 5) is 27.9. The number of nitrogens with one attached hydrogen (secondary N) is 1. The summed E-state index contributed by atoms with van der Waals surface area (Å²) in [7, 11) is 1.59. The van der Waals surface area contributed by atoms with Gasteiger partial charge in [-0.2, -0.15) is 0 Å². The predicted molar refractivity (Wildman–Crippen MR) is 134 cm³/mol. The zero-order chi connectivity index (χ0) is 25.0. The van der Waals surface area contributed by atoms with E-state index in [-0.39, 0.29) is 17.9 Å². The Morgan fingerprint density at radius 1 is 1.09 bits per heavy atom. The number of aliphatic hydroxyl groups excluding tert-OH is 1. The van der Waals surface area contributed by atoms with Crippen molar-refractivity contribution in [2.75, 3.05) is 13.7 Å². The Labute approximate surface area is 201 Å². The van der Waals surface area contributed by atoms with E-state index in [9.17, 15) is 14.7 Å². The van der Waals surface area contributed by atoms with Crippen LogP contribution in [0.1, 0.15) is 85.3 Å². The zero-order valence-corrected chi connectivity index (χ0v) is 21.7. The first-order chi connectivity index (χ1) is 15.7. The Bertz CT molecular complexity index is 697. The summed E-state index contributed by atoms with van der Waals surface area (Å²) in [5.41, 5.74) is 0.756. The minimum absolute atomic E-state index is 0.121.